The van der Waals surface area contributed by atoms with Crippen LogP contribution < -0.4 is 10.6 Å². The predicted molar refractivity (Wildman–Crippen MR) is 142 cm³/mol. The molecule has 1 unspecified atom stereocenters. The van der Waals surface area contributed by atoms with Gasteiger partial charge in [0.05, 0.1) is 17.9 Å². The maximum Gasteiger partial charge on any atom is 0.341 e. The van der Waals surface area contributed by atoms with Gasteiger partial charge in [-0.1, -0.05) is 26.8 Å². The largest absolute Gasteiger partial charge is 0.462 e. The number of fused-ring (bicyclic) bond motifs is 1. The Balaban J connectivity index is 1.43. The highest BCUT2D eigenvalue weighted by atomic mass is 32.2. The third-order valence-electron chi connectivity index (χ3n) is 6.64. The monoisotopic (exact) mass is 514 g/mol. The summed E-state index contributed by atoms with van der Waals surface area (Å²) in [7, 11) is 0. The van der Waals surface area contributed by atoms with Crippen LogP contribution in [0.1, 0.15) is 67.8 Å². The summed E-state index contributed by atoms with van der Waals surface area (Å²) < 4.78 is 5.34. The highest BCUT2D eigenvalue weighted by Gasteiger charge is 2.34. The van der Waals surface area contributed by atoms with Gasteiger partial charge in [0.25, 0.3) is 0 Å². The molecular formula is C27H34N2O4S2. The van der Waals surface area contributed by atoms with Gasteiger partial charge in [0.1, 0.15) is 5.00 Å². The average molecular weight is 515 g/mol. The lowest BCUT2D eigenvalue weighted by Gasteiger charge is -2.33. The van der Waals surface area contributed by atoms with Crippen molar-refractivity contribution in [2.24, 2.45) is 17.3 Å². The van der Waals surface area contributed by atoms with E-state index in [-0.39, 0.29) is 34.9 Å². The number of thiophene rings is 1. The molecule has 1 aromatic carbocycles. The number of nitrogens with one attached hydrogen (secondary N) is 2. The Morgan fingerprint density at radius 2 is 1.91 bits per heavy atom. The Kier molecular flexibility index (Phi) is 7.91. The van der Waals surface area contributed by atoms with Gasteiger partial charge in [-0.2, -0.15) is 0 Å². The van der Waals surface area contributed by atoms with Crippen LogP contribution >= 0.6 is 23.1 Å². The van der Waals surface area contributed by atoms with Crippen molar-refractivity contribution in [3.8, 4) is 0 Å². The zero-order chi connectivity index (χ0) is 25.2. The first-order valence-corrected chi connectivity index (χ1v) is 14.1. The summed E-state index contributed by atoms with van der Waals surface area (Å²) in [6.07, 6.45) is 4.68. The molecule has 1 heterocycles. The molecule has 1 saturated carbocycles. The standard InChI is InChI=1S/C27H34N2O4S2/c1-5-33-26(32)23-20-12-11-17(27(2,3)4)13-21(20)35-25(23)29-22(30)15-34-19-8-6-7-18(14-19)28-24(31)16-9-10-16/h6-8,14,16-17H,5,9-13,15H2,1-4H3,(H,28,31)(H,29,30). The van der Waals surface area contributed by atoms with Crippen molar-refractivity contribution in [3.63, 3.8) is 0 Å². The van der Waals surface area contributed by atoms with E-state index in [1.807, 2.05) is 24.3 Å². The summed E-state index contributed by atoms with van der Waals surface area (Å²) in [4.78, 5) is 39.8. The number of thioether (sulfide) groups is 1. The SMILES string of the molecule is CCOC(=O)c1c(NC(=O)CSc2cccc(NC(=O)C3CC3)c2)sc2c1CCC(C(C)(C)C)C2. The maximum absolute atomic E-state index is 12.9. The number of hydrogen-bond acceptors (Lipinski definition) is 6. The van der Waals surface area contributed by atoms with Crippen LogP contribution in [0, 0.1) is 17.3 Å². The number of carbonyl (C=O) groups excluding carboxylic acids is 3. The lowest BCUT2D eigenvalue weighted by molar-refractivity contribution is -0.117. The van der Waals surface area contributed by atoms with Crippen molar-refractivity contribution < 1.29 is 19.1 Å². The fourth-order valence-electron chi connectivity index (χ4n) is 4.40. The molecule has 0 saturated heterocycles. The van der Waals surface area contributed by atoms with Crippen molar-refractivity contribution in [2.75, 3.05) is 23.0 Å². The van der Waals surface area contributed by atoms with Crippen molar-refractivity contribution in [1.29, 1.82) is 0 Å². The van der Waals surface area contributed by atoms with Gasteiger partial charge < -0.3 is 15.4 Å². The van der Waals surface area contributed by atoms with Gasteiger partial charge in [0.15, 0.2) is 0 Å². The molecule has 0 radical (unpaired) electrons. The molecular weight excluding hydrogens is 480 g/mol. The van der Waals surface area contributed by atoms with E-state index in [0.717, 1.165) is 48.3 Å². The number of ether oxygens (including phenoxy) is 1. The molecule has 0 spiro atoms. The van der Waals surface area contributed by atoms with Gasteiger partial charge in [0, 0.05) is 21.4 Å². The second-order valence-corrected chi connectivity index (χ2v) is 12.5. The first-order chi connectivity index (χ1) is 16.7. The molecule has 4 rings (SSSR count). The van der Waals surface area contributed by atoms with E-state index in [1.54, 1.807) is 6.92 Å². The Bertz CT molecular complexity index is 1110. The summed E-state index contributed by atoms with van der Waals surface area (Å²) in [5.74, 6) is 0.415. The van der Waals surface area contributed by atoms with Crippen molar-refractivity contribution in [2.45, 2.75) is 64.7 Å². The van der Waals surface area contributed by atoms with Gasteiger partial charge in [-0.05, 0) is 74.1 Å². The van der Waals surface area contributed by atoms with Crippen LogP contribution in [0.2, 0.25) is 0 Å². The molecule has 1 atom stereocenters. The van der Waals surface area contributed by atoms with Crippen molar-refractivity contribution >= 4 is 51.6 Å². The lowest BCUT2D eigenvalue weighted by Crippen LogP contribution is -2.26. The van der Waals surface area contributed by atoms with E-state index in [9.17, 15) is 14.4 Å². The molecule has 2 aliphatic carbocycles. The van der Waals surface area contributed by atoms with E-state index >= 15 is 0 Å². The minimum absolute atomic E-state index is 0.0618. The van der Waals surface area contributed by atoms with E-state index < -0.39 is 0 Å². The lowest BCUT2D eigenvalue weighted by atomic mass is 9.72. The summed E-state index contributed by atoms with van der Waals surface area (Å²) in [5.41, 5.74) is 2.51. The van der Waals surface area contributed by atoms with Crippen LogP contribution in [-0.4, -0.2) is 30.1 Å². The van der Waals surface area contributed by atoms with Crippen molar-refractivity contribution in [1.82, 2.24) is 0 Å². The second kappa shape index (κ2) is 10.7. The zero-order valence-electron chi connectivity index (χ0n) is 20.9. The molecule has 8 heteroatoms. The first-order valence-electron chi connectivity index (χ1n) is 12.3. The highest BCUT2D eigenvalue weighted by Crippen LogP contribution is 2.44. The third kappa shape index (κ3) is 6.47. The normalized spacial score (nSPS) is 17.4. The van der Waals surface area contributed by atoms with Gasteiger partial charge in [0.2, 0.25) is 11.8 Å². The maximum atomic E-state index is 12.9. The smallest absolute Gasteiger partial charge is 0.341 e. The number of benzene rings is 1. The Labute approximate surface area is 215 Å². The summed E-state index contributed by atoms with van der Waals surface area (Å²) in [6, 6.07) is 7.54. The molecule has 6 nitrogen and oxygen atoms in total. The molecule has 1 fully saturated rings. The van der Waals surface area contributed by atoms with Crippen LogP contribution in [0.15, 0.2) is 29.2 Å². The van der Waals surface area contributed by atoms with Crippen LogP contribution in [0.3, 0.4) is 0 Å². The van der Waals surface area contributed by atoms with Gasteiger partial charge in [-0.25, -0.2) is 4.79 Å². The molecule has 2 amide bonds. The topological polar surface area (TPSA) is 84.5 Å². The fourth-order valence-corrected chi connectivity index (χ4v) is 6.48. The molecule has 2 aliphatic rings. The Hall–Kier alpha value is -2.32. The number of esters is 1. The highest BCUT2D eigenvalue weighted by molar-refractivity contribution is 8.00. The van der Waals surface area contributed by atoms with Crippen LogP contribution in [0.4, 0.5) is 10.7 Å². The molecule has 35 heavy (non-hydrogen) atoms. The van der Waals surface area contributed by atoms with E-state index in [4.69, 9.17) is 4.74 Å². The van der Waals surface area contributed by atoms with Crippen LogP contribution in [0.25, 0.3) is 0 Å². The third-order valence-corrected chi connectivity index (χ3v) is 8.81. The Morgan fingerprint density at radius 3 is 2.60 bits per heavy atom. The number of hydrogen-bond donors (Lipinski definition) is 2. The molecule has 0 bridgehead atoms. The fraction of sp³-hybridized carbons (Fsp3) is 0.519. The zero-order valence-corrected chi connectivity index (χ0v) is 22.5. The molecule has 188 valence electrons. The number of rotatable bonds is 8. The predicted octanol–water partition coefficient (Wildman–Crippen LogP) is 6.16. The van der Waals surface area contributed by atoms with Crippen LogP contribution in [-0.2, 0) is 27.2 Å². The van der Waals surface area contributed by atoms with E-state index in [0.29, 0.717) is 23.1 Å². The molecule has 1 aromatic heterocycles. The second-order valence-electron chi connectivity index (χ2n) is 10.4. The van der Waals surface area contributed by atoms with Gasteiger partial charge in [-0.15, -0.1) is 23.1 Å². The molecule has 0 aliphatic heterocycles. The van der Waals surface area contributed by atoms with Gasteiger partial charge >= 0.3 is 5.97 Å². The van der Waals surface area contributed by atoms with Crippen LogP contribution in [0.5, 0.6) is 0 Å². The first kappa shape index (κ1) is 25.8. The number of carbonyl (C=O) groups is 3. The van der Waals surface area contributed by atoms with E-state index in [1.165, 1.54) is 28.0 Å². The number of anilines is 2. The summed E-state index contributed by atoms with van der Waals surface area (Å²) >= 11 is 2.92. The minimum atomic E-state index is -0.360. The summed E-state index contributed by atoms with van der Waals surface area (Å²) in [5, 5.41) is 6.53. The Morgan fingerprint density at radius 1 is 1.14 bits per heavy atom. The summed E-state index contributed by atoms with van der Waals surface area (Å²) in [6.45, 7) is 8.87. The average Bonchev–Trinajstić information content (AvgIpc) is 3.59. The number of amides is 2. The quantitative estimate of drug-likeness (QED) is 0.326. The molecule has 2 aromatic rings. The molecule has 2 N–H and O–H groups in total. The minimum Gasteiger partial charge on any atom is -0.462 e. The van der Waals surface area contributed by atoms with Crippen molar-refractivity contribution in [3.05, 3.63) is 40.3 Å². The van der Waals surface area contributed by atoms with E-state index in [2.05, 4.69) is 31.4 Å². The van der Waals surface area contributed by atoms with Gasteiger partial charge in [-0.3, -0.25) is 9.59 Å².